The zero-order valence-electron chi connectivity index (χ0n) is 24.5. The third-order valence-electron chi connectivity index (χ3n) is 6.59. The molecule has 0 bridgehead atoms. The van der Waals surface area contributed by atoms with Crippen molar-refractivity contribution in [3.05, 3.63) is 97.0 Å². The summed E-state index contributed by atoms with van der Waals surface area (Å²) in [5, 5.41) is 18.9. The number of methoxy groups -OCH3 is 1. The van der Waals surface area contributed by atoms with Gasteiger partial charge in [0.1, 0.15) is 17.2 Å². The number of fused-ring (bicyclic) bond motifs is 1. The molecular formula is C33H31N5O6. The number of carbonyl (C=O) groups is 2. The Morgan fingerprint density at radius 2 is 1.41 bits per heavy atom. The Morgan fingerprint density at radius 1 is 0.750 bits per heavy atom. The van der Waals surface area contributed by atoms with Gasteiger partial charge in [-0.25, -0.2) is 14.6 Å². The molecule has 0 aliphatic rings. The van der Waals surface area contributed by atoms with Crippen molar-refractivity contribution in [2.75, 3.05) is 23.1 Å². The van der Waals surface area contributed by atoms with Gasteiger partial charge in [0.15, 0.2) is 5.75 Å². The van der Waals surface area contributed by atoms with E-state index >= 15 is 0 Å². The number of rotatable bonds is 8. The molecule has 2 aromatic heterocycles. The lowest BCUT2D eigenvalue weighted by Gasteiger charge is -2.23. The Labute approximate surface area is 253 Å². The highest BCUT2D eigenvalue weighted by atomic mass is 16.5. The van der Waals surface area contributed by atoms with Gasteiger partial charge in [-0.1, -0.05) is 45.0 Å². The number of urea groups is 1. The van der Waals surface area contributed by atoms with E-state index in [-0.39, 0.29) is 16.9 Å². The van der Waals surface area contributed by atoms with Gasteiger partial charge in [0.25, 0.3) is 0 Å². The summed E-state index contributed by atoms with van der Waals surface area (Å²) in [6, 6.07) is 20.8. The van der Waals surface area contributed by atoms with E-state index in [0.29, 0.717) is 34.5 Å². The molecule has 0 fully saturated rings. The summed E-state index contributed by atoms with van der Waals surface area (Å²) in [6.07, 6.45) is 3.60. The average Bonchev–Trinajstić information content (AvgIpc) is 2.98. The lowest BCUT2D eigenvalue weighted by Crippen LogP contribution is -2.22. The first-order chi connectivity index (χ1) is 21.1. The Hall–Kier alpha value is -5.84. The third kappa shape index (κ3) is 6.96. The number of nitrogens with one attached hydrogen (secondary N) is 3. The number of anilines is 3. The number of nitrogens with zero attached hydrogens (tertiary/aromatic N) is 2. The fraction of sp³-hybridized carbons (Fsp3) is 0.152. The van der Waals surface area contributed by atoms with Crippen molar-refractivity contribution in [3.8, 4) is 28.9 Å². The number of pyridine rings is 2. The van der Waals surface area contributed by atoms with E-state index in [9.17, 15) is 14.7 Å². The minimum absolute atomic E-state index is 0.189. The van der Waals surface area contributed by atoms with Crippen molar-refractivity contribution in [3.63, 3.8) is 0 Å². The molecule has 0 aliphatic carbocycles. The van der Waals surface area contributed by atoms with E-state index in [2.05, 4.69) is 25.9 Å². The first-order valence-corrected chi connectivity index (χ1v) is 13.6. The minimum Gasteiger partial charge on any atom is -0.492 e. The van der Waals surface area contributed by atoms with Crippen LogP contribution in [0.4, 0.5) is 26.7 Å². The molecule has 5 aromatic rings. The topological polar surface area (TPSA) is 144 Å². The highest BCUT2D eigenvalue weighted by Crippen LogP contribution is 2.39. The quantitative estimate of drug-likeness (QED) is 0.141. The van der Waals surface area contributed by atoms with Crippen LogP contribution in [0.5, 0.6) is 28.9 Å². The fourth-order valence-corrected chi connectivity index (χ4v) is 4.49. The van der Waals surface area contributed by atoms with E-state index in [1.165, 1.54) is 7.11 Å². The van der Waals surface area contributed by atoms with Crippen LogP contribution in [-0.2, 0) is 5.41 Å². The molecule has 0 aliphatic heterocycles. The molecule has 44 heavy (non-hydrogen) atoms. The highest BCUT2D eigenvalue weighted by molar-refractivity contribution is 6.08. The molecule has 0 spiro atoms. The van der Waals surface area contributed by atoms with Gasteiger partial charge in [0.2, 0.25) is 5.88 Å². The van der Waals surface area contributed by atoms with Gasteiger partial charge in [-0.3, -0.25) is 10.3 Å². The zero-order chi connectivity index (χ0) is 31.3. The number of ether oxygens (including phenoxy) is 3. The zero-order valence-corrected chi connectivity index (χ0v) is 24.5. The second kappa shape index (κ2) is 12.6. The first kappa shape index (κ1) is 29.6. The maximum absolute atomic E-state index is 13.3. The van der Waals surface area contributed by atoms with Gasteiger partial charge in [-0.15, -0.1) is 0 Å². The maximum atomic E-state index is 13.3. The largest absolute Gasteiger partial charge is 0.492 e. The summed E-state index contributed by atoms with van der Waals surface area (Å²) >= 11 is 0. The number of hydrogen-bond acceptors (Lipinski definition) is 7. The van der Waals surface area contributed by atoms with Crippen LogP contribution in [0.2, 0.25) is 0 Å². The number of carbonyl (C=O) groups excluding carboxylic acids is 1. The van der Waals surface area contributed by atoms with Gasteiger partial charge in [0, 0.05) is 35.4 Å². The molecule has 4 N–H and O–H groups in total. The summed E-state index contributed by atoms with van der Waals surface area (Å²) in [7, 11) is 1.41. The molecule has 0 radical (unpaired) electrons. The predicted molar refractivity (Wildman–Crippen MR) is 169 cm³/mol. The Balaban J connectivity index is 1.39. The number of aromatic nitrogens is 2. The van der Waals surface area contributed by atoms with E-state index in [1.54, 1.807) is 67.1 Å². The molecule has 11 heteroatoms. The van der Waals surface area contributed by atoms with Crippen molar-refractivity contribution in [2.45, 2.75) is 26.2 Å². The standard InChI is InChI=1S/C33H31N5O6/c1-33(2,3)20-17-26(30(42-4)27(18-20)38-32(40)41)37-31(39)36-25-9-10-28(24-8-6-5-7-23(24)25)43-22-13-16-35-29(19-22)44-21-11-14-34-15-12-21/h5-19,38H,1-4H3,(H,40,41)(H2,36,37,39). The van der Waals surface area contributed by atoms with Gasteiger partial charge in [-0.05, 0) is 53.4 Å². The van der Waals surface area contributed by atoms with Crippen LogP contribution in [0.3, 0.4) is 0 Å². The van der Waals surface area contributed by atoms with Gasteiger partial charge in [0.05, 0.1) is 24.2 Å². The number of amides is 3. The molecule has 3 aromatic carbocycles. The average molecular weight is 594 g/mol. The molecule has 2 heterocycles. The molecule has 11 nitrogen and oxygen atoms in total. The van der Waals surface area contributed by atoms with Crippen LogP contribution >= 0.6 is 0 Å². The smallest absolute Gasteiger partial charge is 0.409 e. The normalized spacial score (nSPS) is 11.0. The summed E-state index contributed by atoms with van der Waals surface area (Å²) in [6.45, 7) is 5.96. The van der Waals surface area contributed by atoms with E-state index in [1.807, 2.05) is 45.0 Å². The van der Waals surface area contributed by atoms with Crippen LogP contribution in [0.1, 0.15) is 26.3 Å². The van der Waals surface area contributed by atoms with Crippen molar-refractivity contribution in [1.82, 2.24) is 9.97 Å². The van der Waals surface area contributed by atoms with Crippen molar-refractivity contribution in [1.29, 1.82) is 0 Å². The van der Waals surface area contributed by atoms with Crippen LogP contribution in [0.25, 0.3) is 10.8 Å². The second-order valence-corrected chi connectivity index (χ2v) is 10.7. The first-order valence-electron chi connectivity index (χ1n) is 13.6. The van der Waals surface area contributed by atoms with E-state index in [4.69, 9.17) is 14.2 Å². The Kier molecular flexibility index (Phi) is 8.47. The van der Waals surface area contributed by atoms with Crippen LogP contribution in [0, 0.1) is 0 Å². The highest BCUT2D eigenvalue weighted by Gasteiger charge is 2.22. The summed E-state index contributed by atoms with van der Waals surface area (Å²) < 4.78 is 17.5. The van der Waals surface area contributed by atoms with Gasteiger partial charge >= 0.3 is 12.1 Å². The van der Waals surface area contributed by atoms with Crippen molar-refractivity contribution in [2.24, 2.45) is 0 Å². The third-order valence-corrected chi connectivity index (χ3v) is 6.59. The number of carboxylic acid groups (broad SMARTS) is 1. The molecule has 0 atom stereocenters. The summed E-state index contributed by atoms with van der Waals surface area (Å²) in [4.78, 5) is 33.0. The molecule has 0 saturated carbocycles. The van der Waals surface area contributed by atoms with Gasteiger partial charge < -0.3 is 30.0 Å². The molecule has 3 amide bonds. The summed E-state index contributed by atoms with van der Waals surface area (Å²) in [5.74, 6) is 2.23. The van der Waals surface area contributed by atoms with Crippen LogP contribution in [0.15, 0.2) is 91.4 Å². The van der Waals surface area contributed by atoms with E-state index in [0.717, 1.165) is 16.3 Å². The van der Waals surface area contributed by atoms with Crippen molar-refractivity contribution >= 4 is 40.0 Å². The Bertz CT molecular complexity index is 1820. The SMILES string of the molecule is COc1c(NC(=O)O)cc(C(C)(C)C)cc1NC(=O)Nc1ccc(Oc2ccnc(Oc3ccncc3)c2)c2ccccc12. The van der Waals surface area contributed by atoms with E-state index < -0.39 is 12.1 Å². The monoisotopic (exact) mass is 593 g/mol. The van der Waals surface area contributed by atoms with Crippen LogP contribution in [-0.4, -0.2) is 34.3 Å². The molecule has 224 valence electrons. The molecule has 0 unspecified atom stereocenters. The number of benzene rings is 3. The molecule has 5 rings (SSSR count). The second-order valence-electron chi connectivity index (χ2n) is 10.7. The lowest BCUT2D eigenvalue weighted by atomic mass is 9.86. The minimum atomic E-state index is -1.25. The molecular weight excluding hydrogens is 562 g/mol. The summed E-state index contributed by atoms with van der Waals surface area (Å²) in [5.41, 5.74) is 1.54. The maximum Gasteiger partial charge on any atom is 0.409 e. The van der Waals surface area contributed by atoms with Gasteiger partial charge in [-0.2, -0.15) is 0 Å². The lowest BCUT2D eigenvalue weighted by molar-refractivity contribution is 0.209. The molecule has 0 saturated heterocycles. The van der Waals surface area contributed by atoms with Crippen molar-refractivity contribution < 1.29 is 28.9 Å². The van der Waals surface area contributed by atoms with Crippen LogP contribution < -0.4 is 30.2 Å². The predicted octanol–water partition coefficient (Wildman–Crippen LogP) is 8.25. The number of hydrogen-bond donors (Lipinski definition) is 4. The fourth-order valence-electron chi connectivity index (χ4n) is 4.49. The Morgan fingerprint density at radius 3 is 2.09 bits per heavy atom.